The lowest BCUT2D eigenvalue weighted by molar-refractivity contribution is -0.0712. The van der Waals surface area contributed by atoms with Crippen molar-refractivity contribution in [3.8, 4) is 0 Å². The summed E-state index contributed by atoms with van der Waals surface area (Å²) in [6.07, 6.45) is 6.24. The lowest BCUT2D eigenvalue weighted by atomic mass is 10.1. The van der Waals surface area contributed by atoms with Gasteiger partial charge in [0.1, 0.15) is 0 Å². The maximum Gasteiger partial charge on any atom is 0.322 e. The largest absolute Gasteiger partial charge is 0.373 e. The molecular weight excluding hydrogens is 306 g/mol. The minimum absolute atomic E-state index is 0.0116. The average molecular weight is 335 g/mol. The SMILES string of the molecule is CCn1cc(NC(=O)N2CCC[C@@H]2CN2C[C@@H](C)O[C@@H](C)C2)cn1. The number of rotatable bonds is 4. The third kappa shape index (κ3) is 4.08. The molecule has 2 fully saturated rings. The number of nitrogens with one attached hydrogen (secondary N) is 1. The third-order valence-electron chi connectivity index (χ3n) is 4.81. The number of ether oxygens (including phenoxy) is 1. The van der Waals surface area contributed by atoms with Crippen LogP contribution in [0.15, 0.2) is 12.4 Å². The third-order valence-corrected chi connectivity index (χ3v) is 4.81. The van der Waals surface area contributed by atoms with E-state index < -0.39 is 0 Å². The van der Waals surface area contributed by atoms with Crippen LogP contribution in [0.5, 0.6) is 0 Å². The summed E-state index contributed by atoms with van der Waals surface area (Å²) in [5.41, 5.74) is 0.765. The molecule has 0 aliphatic carbocycles. The molecule has 1 aromatic heterocycles. The zero-order valence-corrected chi connectivity index (χ0v) is 14.9. The second-order valence-electron chi connectivity index (χ2n) is 6.98. The molecule has 0 radical (unpaired) electrons. The second kappa shape index (κ2) is 7.53. The number of anilines is 1. The summed E-state index contributed by atoms with van der Waals surface area (Å²) in [7, 11) is 0. The zero-order valence-electron chi connectivity index (χ0n) is 14.9. The van der Waals surface area contributed by atoms with E-state index in [9.17, 15) is 4.79 Å². The van der Waals surface area contributed by atoms with E-state index in [1.165, 1.54) is 0 Å². The molecule has 2 amide bonds. The molecule has 0 spiro atoms. The molecular formula is C17H29N5O2. The highest BCUT2D eigenvalue weighted by Crippen LogP contribution is 2.21. The highest BCUT2D eigenvalue weighted by Gasteiger charge is 2.32. The van der Waals surface area contributed by atoms with E-state index in [2.05, 4.69) is 29.2 Å². The molecule has 0 saturated carbocycles. The summed E-state index contributed by atoms with van der Waals surface area (Å²) in [4.78, 5) is 17.0. The first-order valence-electron chi connectivity index (χ1n) is 9.03. The standard InChI is InChI=1S/C17H29N5O2/c1-4-21-11-15(8-18-21)19-17(23)22-7-5-6-16(22)12-20-9-13(2)24-14(3)10-20/h8,11,13-14,16H,4-7,9-10,12H2,1-3H3,(H,19,23)/t13-,14+,16-/m1/s1. The van der Waals surface area contributed by atoms with Gasteiger partial charge in [-0.2, -0.15) is 5.10 Å². The van der Waals surface area contributed by atoms with Crippen LogP contribution in [0.2, 0.25) is 0 Å². The summed E-state index contributed by atoms with van der Waals surface area (Å²) >= 11 is 0. The maximum absolute atomic E-state index is 12.6. The van der Waals surface area contributed by atoms with Crippen LogP contribution in [0.1, 0.15) is 33.6 Å². The van der Waals surface area contributed by atoms with Gasteiger partial charge < -0.3 is 15.0 Å². The number of amides is 2. The van der Waals surface area contributed by atoms with Crippen LogP contribution in [0.25, 0.3) is 0 Å². The van der Waals surface area contributed by atoms with E-state index in [-0.39, 0.29) is 24.3 Å². The molecule has 0 aromatic carbocycles. The number of carbonyl (C=O) groups excluding carboxylic acids is 1. The topological polar surface area (TPSA) is 62.6 Å². The minimum Gasteiger partial charge on any atom is -0.373 e. The lowest BCUT2D eigenvalue weighted by Crippen LogP contribution is -2.51. The molecule has 7 heteroatoms. The number of hydrogen-bond acceptors (Lipinski definition) is 4. The molecule has 134 valence electrons. The first-order valence-corrected chi connectivity index (χ1v) is 9.03. The van der Waals surface area contributed by atoms with Gasteiger partial charge >= 0.3 is 6.03 Å². The van der Waals surface area contributed by atoms with E-state index in [1.807, 2.05) is 22.7 Å². The van der Waals surface area contributed by atoms with Crippen molar-refractivity contribution >= 4 is 11.7 Å². The normalized spacial score (nSPS) is 28.3. The van der Waals surface area contributed by atoms with E-state index in [0.717, 1.165) is 51.3 Å². The monoisotopic (exact) mass is 335 g/mol. The quantitative estimate of drug-likeness (QED) is 0.914. The fourth-order valence-corrected chi connectivity index (χ4v) is 3.82. The van der Waals surface area contributed by atoms with Crippen LogP contribution in [-0.2, 0) is 11.3 Å². The second-order valence-corrected chi connectivity index (χ2v) is 6.98. The molecule has 7 nitrogen and oxygen atoms in total. The van der Waals surface area contributed by atoms with Crippen molar-refractivity contribution in [2.45, 2.75) is 58.4 Å². The summed E-state index contributed by atoms with van der Waals surface area (Å²) in [5, 5.41) is 7.19. The van der Waals surface area contributed by atoms with Crippen molar-refractivity contribution in [1.82, 2.24) is 19.6 Å². The summed E-state index contributed by atoms with van der Waals surface area (Å²) in [6, 6.07) is 0.270. The van der Waals surface area contributed by atoms with Gasteiger partial charge in [-0.05, 0) is 33.6 Å². The van der Waals surface area contributed by atoms with Crippen LogP contribution >= 0.6 is 0 Å². The van der Waals surface area contributed by atoms with Gasteiger partial charge in [0.05, 0.1) is 24.1 Å². The number of nitrogens with zero attached hydrogens (tertiary/aromatic N) is 4. The maximum atomic E-state index is 12.6. The number of carbonyl (C=O) groups is 1. The molecule has 0 unspecified atom stereocenters. The van der Waals surface area contributed by atoms with Gasteiger partial charge in [-0.15, -0.1) is 0 Å². The van der Waals surface area contributed by atoms with Crippen molar-refractivity contribution in [2.75, 3.05) is 31.5 Å². The van der Waals surface area contributed by atoms with E-state index in [1.54, 1.807) is 6.20 Å². The highest BCUT2D eigenvalue weighted by molar-refractivity contribution is 5.89. The van der Waals surface area contributed by atoms with Gasteiger partial charge in [0.25, 0.3) is 0 Å². The van der Waals surface area contributed by atoms with Crippen LogP contribution in [0.4, 0.5) is 10.5 Å². The molecule has 0 bridgehead atoms. The predicted molar refractivity (Wildman–Crippen MR) is 93.1 cm³/mol. The Balaban J connectivity index is 1.57. The number of aryl methyl sites for hydroxylation is 1. The minimum atomic E-state index is -0.0116. The average Bonchev–Trinajstić information content (AvgIpc) is 3.15. The number of urea groups is 1. The Hall–Kier alpha value is -1.60. The summed E-state index contributed by atoms with van der Waals surface area (Å²) in [6.45, 7) is 10.7. The Morgan fingerprint density at radius 3 is 2.79 bits per heavy atom. The molecule has 2 saturated heterocycles. The van der Waals surface area contributed by atoms with Gasteiger partial charge in [-0.1, -0.05) is 0 Å². The fourth-order valence-electron chi connectivity index (χ4n) is 3.82. The molecule has 3 heterocycles. The van der Waals surface area contributed by atoms with Crippen LogP contribution < -0.4 is 5.32 Å². The van der Waals surface area contributed by atoms with Gasteiger partial charge in [-0.25, -0.2) is 4.79 Å². The van der Waals surface area contributed by atoms with E-state index in [4.69, 9.17) is 4.74 Å². The van der Waals surface area contributed by atoms with E-state index in [0.29, 0.717) is 0 Å². The Bertz CT molecular complexity index is 551. The highest BCUT2D eigenvalue weighted by atomic mass is 16.5. The Kier molecular flexibility index (Phi) is 5.40. The summed E-state index contributed by atoms with van der Waals surface area (Å²) < 4.78 is 7.62. The number of likely N-dealkylation sites (tertiary alicyclic amines) is 1. The molecule has 3 atom stereocenters. The lowest BCUT2D eigenvalue weighted by Gasteiger charge is -2.38. The smallest absolute Gasteiger partial charge is 0.322 e. The van der Waals surface area contributed by atoms with Crippen LogP contribution in [-0.4, -0.2) is 70.0 Å². The van der Waals surface area contributed by atoms with Gasteiger partial charge in [0.2, 0.25) is 0 Å². The predicted octanol–water partition coefficient (Wildman–Crippen LogP) is 2.01. The van der Waals surface area contributed by atoms with Gasteiger partial charge in [-0.3, -0.25) is 9.58 Å². The fraction of sp³-hybridized carbons (Fsp3) is 0.765. The van der Waals surface area contributed by atoms with Crippen molar-refractivity contribution in [3.05, 3.63) is 12.4 Å². The van der Waals surface area contributed by atoms with Crippen LogP contribution in [0.3, 0.4) is 0 Å². The summed E-state index contributed by atoms with van der Waals surface area (Å²) in [5.74, 6) is 0. The molecule has 1 aromatic rings. The van der Waals surface area contributed by atoms with E-state index >= 15 is 0 Å². The first kappa shape index (κ1) is 17.2. The Morgan fingerprint density at radius 2 is 2.12 bits per heavy atom. The Morgan fingerprint density at radius 1 is 1.38 bits per heavy atom. The molecule has 3 rings (SSSR count). The van der Waals surface area contributed by atoms with Crippen molar-refractivity contribution < 1.29 is 9.53 Å². The molecule has 24 heavy (non-hydrogen) atoms. The van der Waals surface area contributed by atoms with Gasteiger partial charge in [0.15, 0.2) is 0 Å². The number of aromatic nitrogens is 2. The molecule has 2 aliphatic rings. The number of morpholine rings is 1. The van der Waals surface area contributed by atoms with Crippen molar-refractivity contribution in [2.24, 2.45) is 0 Å². The Labute approximate surface area is 143 Å². The van der Waals surface area contributed by atoms with Crippen molar-refractivity contribution in [3.63, 3.8) is 0 Å². The molecule has 1 N–H and O–H groups in total. The first-order chi connectivity index (χ1) is 11.5. The molecule has 2 aliphatic heterocycles. The van der Waals surface area contributed by atoms with Gasteiger partial charge in [0, 0.05) is 45.0 Å². The number of hydrogen-bond donors (Lipinski definition) is 1. The zero-order chi connectivity index (χ0) is 17.1. The van der Waals surface area contributed by atoms with Crippen LogP contribution in [0, 0.1) is 0 Å². The van der Waals surface area contributed by atoms with Crippen molar-refractivity contribution in [1.29, 1.82) is 0 Å².